The summed E-state index contributed by atoms with van der Waals surface area (Å²) in [6.07, 6.45) is 1.98. The molecule has 0 aliphatic rings. The lowest BCUT2D eigenvalue weighted by molar-refractivity contribution is 0.769. The summed E-state index contributed by atoms with van der Waals surface area (Å²) in [5.41, 5.74) is 11.6. The highest BCUT2D eigenvalue weighted by atomic mass is 15.3. The van der Waals surface area contributed by atoms with E-state index in [0.29, 0.717) is 6.54 Å². The smallest absolute Gasteiger partial charge is 0.0970 e. The van der Waals surface area contributed by atoms with Crippen molar-refractivity contribution in [3.8, 4) is 11.3 Å². The Kier molecular flexibility index (Phi) is 2.79. The number of aryl methyl sites for hydroxylation is 2. The van der Waals surface area contributed by atoms with E-state index >= 15 is 0 Å². The molecule has 0 saturated carbocycles. The van der Waals surface area contributed by atoms with Gasteiger partial charge in [0.25, 0.3) is 0 Å². The van der Waals surface area contributed by atoms with Crippen molar-refractivity contribution in [2.75, 3.05) is 0 Å². The highest BCUT2D eigenvalue weighted by Crippen LogP contribution is 2.26. The van der Waals surface area contributed by atoms with Crippen LogP contribution in [-0.2, 0) is 13.6 Å². The summed E-state index contributed by atoms with van der Waals surface area (Å²) in [6, 6.07) is 6.28. The molecule has 0 bridgehead atoms. The van der Waals surface area contributed by atoms with Crippen LogP contribution in [0.15, 0.2) is 24.4 Å². The molecule has 0 radical (unpaired) electrons. The van der Waals surface area contributed by atoms with Gasteiger partial charge in [-0.2, -0.15) is 5.10 Å². The van der Waals surface area contributed by atoms with Gasteiger partial charge in [-0.3, -0.25) is 4.68 Å². The molecular formula is C13H17N3. The molecule has 2 aromatic rings. The number of hydrogen-bond donors (Lipinski definition) is 1. The van der Waals surface area contributed by atoms with Crippen molar-refractivity contribution >= 4 is 0 Å². The summed E-state index contributed by atoms with van der Waals surface area (Å²) in [5, 5.41) is 4.49. The Bertz CT molecular complexity index is 512. The molecule has 0 aliphatic carbocycles. The highest BCUT2D eigenvalue weighted by molar-refractivity contribution is 5.67. The van der Waals surface area contributed by atoms with Crippen LogP contribution in [0.2, 0.25) is 0 Å². The second kappa shape index (κ2) is 4.10. The van der Waals surface area contributed by atoms with Crippen molar-refractivity contribution in [3.63, 3.8) is 0 Å². The first-order valence-electron chi connectivity index (χ1n) is 5.42. The van der Waals surface area contributed by atoms with Crippen LogP contribution < -0.4 is 5.73 Å². The van der Waals surface area contributed by atoms with Crippen LogP contribution in [-0.4, -0.2) is 9.78 Å². The van der Waals surface area contributed by atoms with Crippen molar-refractivity contribution in [2.24, 2.45) is 12.8 Å². The predicted octanol–water partition coefficient (Wildman–Crippen LogP) is 2.16. The molecule has 1 heterocycles. The third-order valence-corrected chi connectivity index (χ3v) is 2.98. The Balaban J connectivity index is 2.62. The lowest BCUT2D eigenvalue weighted by atomic mass is 9.99. The molecule has 0 unspecified atom stereocenters. The van der Waals surface area contributed by atoms with E-state index < -0.39 is 0 Å². The first-order valence-corrected chi connectivity index (χ1v) is 5.42. The van der Waals surface area contributed by atoms with E-state index in [0.717, 1.165) is 11.3 Å². The van der Waals surface area contributed by atoms with Gasteiger partial charge in [-0.05, 0) is 25.0 Å². The zero-order chi connectivity index (χ0) is 11.7. The topological polar surface area (TPSA) is 43.8 Å². The summed E-state index contributed by atoms with van der Waals surface area (Å²) in [5.74, 6) is 0. The second-order valence-electron chi connectivity index (χ2n) is 4.13. The van der Waals surface area contributed by atoms with E-state index in [4.69, 9.17) is 5.73 Å². The Hall–Kier alpha value is -1.61. The van der Waals surface area contributed by atoms with Crippen LogP contribution >= 0.6 is 0 Å². The standard InChI is InChI=1S/C13H17N3/c1-9-5-4-6-12(10(9)2)13-11(7-14)8-16(3)15-13/h4-6,8H,7,14H2,1-3H3. The lowest BCUT2D eigenvalue weighted by Gasteiger charge is -2.07. The number of benzene rings is 1. The van der Waals surface area contributed by atoms with Gasteiger partial charge >= 0.3 is 0 Å². The van der Waals surface area contributed by atoms with Gasteiger partial charge in [0, 0.05) is 30.9 Å². The normalized spacial score (nSPS) is 10.8. The fourth-order valence-corrected chi connectivity index (χ4v) is 1.92. The maximum atomic E-state index is 5.74. The number of aromatic nitrogens is 2. The molecule has 3 nitrogen and oxygen atoms in total. The summed E-state index contributed by atoms with van der Waals surface area (Å²) in [7, 11) is 1.92. The number of hydrogen-bond acceptors (Lipinski definition) is 2. The third kappa shape index (κ3) is 1.74. The van der Waals surface area contributed by atoms with Crippen molar-refractivity contribution in [1.82, 2.24) is 9.78 Å². The van der Waals surface area contributed by atoms with Crippen LogP contribution in [0.5, 0.6) is 0 Å². The third-order valence-electron chi connectivity index (χ3n) is 2.98. The van der Waals surface area contributed by atoms with Crippen LogP contribution in [0.25, 0.3) is 11.3 Å². The second-order valence-corrected chi connectivity index (χ2v) is 4.13. The molecule has 0 fully saturated rings. The number of nitrogens with zero attached hydrogens (tertiary/aromatic N) is 2. The van der Waals surface area contributed by atoms with E-state index in [1.165, 1.54) is 16.7 Å². The summed E-state index contributed by atoms with van der Waals surface area (Å²) >= 11 is 0. The fourth-order valence-electron chi connectivity index (χ4n) is 1.92. The average molecular weight is 215 g/mol. The van der Waals surface area contributed by atoms with Gasteiger partial charge in [-0.25, -0.2) is 0 Å². The molecule has 1 aromatic carbocycles. The molecule has 0 spiro atoms. The molecular weight excluding hydrogens is 198 g/mol. The molecule has 0 amide bonds. The zero-order valence-electron chi connectivity index (χ0n) is 9.99. The van der Waals surface area contributed by atoms with Crippen LogP contribution in [0.4, 0.5) is 0 Å². The van der Waals surface area contributed by atoms with E-state index in [1.807, 2.05) is 17.9 Å². The molecule has 0 aliphatic heterocycles. The maximum Gasteiger partial charge on any atom is 0.0970 e. The summed E-state index contributed by atoms with van der Waals surface area (Å²) in [4.78, 5) is 0. The summed E-state index contributed by atoms with van der Waals surface area (Å²) < 4.78 is 1.82. The van der Waals surface area contributed by atoms with Crippen LogP contribution in [0, 0.1) is 13.8 Å². The van der Waals surface area contributed by atoms with Crippen molar-refractivity contribution in [1.29, 1.82) is 0 Å². The molecule has 2 rings (SSSR count). The molecule has 1 aromatic heterocycles. The minimum absolute atomic E-state index is 0.524. The highest BCUT2D eigenvalue weighted by Gasteiger charge is 2.11. The van der Waals surface area contributed by atoms with Crippen molar-refractivity contribution in [2.45, 2.75) is 20.4 Å². The van der Waals surface area contributed by atoms with Gasteiger partial charge < -0.3 is 5.73 Å². The first-order chi connectivity index (χ1) is 7.63. The Morgan fingerprint density at radius 2 is 2.06 bits per heavy atom. The van der Waals surface area contributed by atoms with Crippen molar-refractivity contribution in [3.05, 3.63) is 41.1 Å². The van der Waals surface area contributed by atoms with Gasteiger partial charge in [0.15, 0.2) is 0 Å². The van der Waals surface area contributed by atoms with Gasteiger partial charge in [0.05, 0.1) is 5.69 Å². The van der Waals surface area contributed by atoms with Gasteiger partial charge in [0.2, 0.25) is 0 Å². The molecule has 84 valence electrons. The Labute approximate surface area is 95.9 Å². The molecule has 16 heavy (non-hydrogen) atoms. The van der Waals surface area contributed by atoms with Gasteiger partial charge in [-0.1, -0.05) is 18.2 Å². The van der Waals surface area contributed by atoms with Crippen LogP contribution in [0.3, 0.4) is 0 Å². The Morgan fingerprint density at radius 1 is 1.31 bits per heavy atom. The first kappa shape index (κ1) is 10.9. The number of nitrogens with two attached hydrogens (primary N) is 1. The maximum absolute atomic E-state index is 5.74. The number of rotatable bonds is 2. The van der Waals surface area contributed by atoms with E-state index in [2.05, 4.69) is 37.1 Å². The van der Waals surface area contributed by atoms with Crippen LogP contribution in [0.1, 0.15) is 16.7 Å². The minimum atomic E-state index is 0.524. The lowest BCUT2D eigenvalue weighted by Crippen LogP contribution is -1.98. The predicted molar refractivity (Wildman–Crippen MR) is 66.0 cm³/mol. The van der Waals surface area contributed by atoms with E-state index in [9.17, 15) is 0 Å². The van der Waals surface area contributed by atoms with E-state index in [-0.39, 0.29) is 0 Å². The van der Waals surface area contributed by atoms with Gasteiger partial charge in [-0.15, -0.1) is 0 Å². The monoisotopic (exact) mass is 215 g/mol. The quantitative estimate of drug-likeness (QED) is 0.834. The molecule has 0 saturated heterocycles. The van der Waals surface area contributed by atoms with Gasteiger partial charge in [0.1, 0.15) is 0 Å². The Morgan fingerprint density at radius 3 is 2.75 bits per heavy atom. The molecule has 0 atom stereocenters. The summed E-state index contributed by atoms with van der Waals surface area (Å²) in [6.45, 7) is 4.76. The fraction of sp³-hybridized carbons (Fsp3) is 0.308. The van der Waals surface area contributed by atoms with Crippen molar-refractivity contribution < 1.29 is 0 Å². The minimum Gasteiger partial charge on any atom is -0.326 e. The largest absolute Gasteiger partial charge is 0.326 e. The zero-order valence-corrected chi connectivity index (χ0v) is 9.99. The SMILES string of the molecule is Cc1cccc(-c2nn(C)cc2CN)c1C. The molecule has 2 N–H and O–H groups in total. The molecule has 3 heteroatoms. The van der Waals surface area contributed by atoms with E-state index in [1.54, 1.807) is 0 Å². The average Bonchev–Trinajstić information content (AvgIpc) is 2.63.